The molecular formula is C132H86N12. The van der Waals surface area contributed by atoms with E-state index in [2.05, 4.69) is 537 Å². The van der Waals surface area contributed by atoms with Gasteiger partial charge in [0.2, 0.25) is 0 Å². The largest absolute Gasteiger partial charge is 0.309 e. The van der Waals surface area contributed by atoms with E-state index in [1.807, 2.05) is 12.1 Å². The fraction of sp³-hybridized carbons (Fsp3) is 0. The van der Waals surface area contributed by atoms with Crippen LogP contribution in [0.25, 0.3) is 256 Å². The third kappa shape index (κ3) is 14.5. The van der Waals surface area contributed by atoms with Gasteiger partial charge < -0.3 is 13.7 Å². The van der Waals surface area contributed by atoms with Crippen LogP contribution in [0.15, 0.2) is 522 Å². The molecule has 0 bridgehead atoms. The van der Waals surface area contributed by atoms with E-state index in [4.69, 9.17) is 29.9 Å². The van der Waals surface area contributed by atoms with E-state index in [1.54, 1.807) is 0 Å². The summed E-state index contributed by atoms with van der Waals surface area (Å²) in [5, 5.41) is 13.6. The van der Waals surface area contributed by atoms with Crippen LogP contribution >= 0.6 is 0 Å². The van der Waals surface area contributed by atoms with E-state index in [0.717, 1.165) is 173 Å². The molecule has 0 saturated carbocycles. The van der Waals surface area contributed by atoms with Crippen LogP contribution < -0.4 is 0 Å². The lowest BCUT2D eigenvalue weighted by Gasteiger charge is -2.12. The predicted octanol–water partition coefficient (Wildman–Crippen LogP) is 33.3. The van der Waals surface area contributed by atoms with Crippen LogP contribution in [-0.2, 0) is 0 Å². The molecule has 0 saturated heterocycles. The van der Waals surface area contributed by atoms with Gasteiger partial charge in [0.1, 0.15) is 16.9 Å². The van der Waals surface area contributed by atoms with Crippen molar-refractivity contribution in [2.24, 2.45) is 0 Å². The Morgan fingerprint density at radius 2 is 0.319 bits per heavy atom. The van der Waals surface area contributed by atoms with Crippen LogP contribution in [0.5, 0.6) is 0 Å². The molecule has 29 rings (SSSR count). The van der Waals surface area contributed by atoms with Crippen LogP contribution in [0.3, 0.4) is 0 Å². The molecule has 0 aliphatic rings. The zero-order valence-electron chi connectivity index (χ0n) is 78.0. The number of hydrogen-bond acceptors (Lipinski definition) is 6. The van der Waals surface area contributed by atoms with Crippen molar-refractivity contribution in [2.45, 2.75) is 0 Å². The number of aromatic nitrogens is 12. The smallest absolute Gasteiger partial charge is 0.162 e. The molecule has 0 atom stereocenters. The summed E-state index contributed by atoms with van der Waals surface area (Å²) in [5.74, 6) is 2.09. The Morgan fingerprint density at radius 3 is 0.632 bits per heavy atom. The van der Waals surface area contributed by atoms with Gasteiger partial charge in [-0.1, -0.05) is 352 Å². The maximum absolute atomic E-state index is 5.45. The molecule has 0 N–H and O–H groups in total. The number of hydrogen-bond donors (Lipinski definition) is 0. The lowest BCUT2D eigenvalue weighted by molar-refractivity contribution is 1.11. The minimum atomic E-state index is 0.691. The lowest BCUT2D eigenvalue weighted by Crippen LogP contribution is -1.99. The van der Waals surface area contributed by atoms with Gasteiger partial charge in [-0.25, -0.2) is 29.9 Å². The first-order valence-electron chi connectivity index (χ1n) is 48.7. The van der Waals surface area contributed by atoms with E-state index in [9.17, 15) is 0 Å². The SMILES string of the molecule is c1ccc(-c2ccc(-c3nc(-c4ccc5c(c4)c4ccccc4n5-c4ccccc4)nc4c3c3ccccc3n4-c3ccccc3)cc2)cc1.c1ccc(-c2cccc(-c3nc(-c4ccc5c(c4)c4ccccc4n5-c4ccccc4)nc4c3c3ccccc3n4-c3ccccc3)c2)cc1.c1ccc(-c2nc(-c3ccc4c(c3)c3ccccc3n4-c3ccccc3)nc3c2c2ccccc2n3-c2ccccc2)cc1. The molecule has 674 valence electrons. The standard InChI is InChI=1S/2C46H30N4.C40H26N4/c1-4-15-31(16-5-1)32-17-14-18-33(29-32)44-43-38-24-11-13-26-41(38)50(36-21-8-3-9-22-36)46(43)48-45(47-44)34-27-28-42-39(30-34)37-23-10-12-25-40(37)49(42)35-19-6-2-7-20-35;1-4-14-31(15-5-1)32-24-26-33(27-25-32)44-43-38-21-11-13-23-41(38)50(36-18-8-3-9-19-36)46(43)48-45(47-44)34-28-29-42-39(30-34)37-20-10-12-22-40(37)49(42)35-16-6-2-7-17-35;1-4-14-27(15-5-1)38-37-32-21-11-13-23-35(32)44(30-18-8-3-9-19-30)40(37)42-39(41-38)28-24-25-36-33(26-28)31-20-10-12-22-34(31)43(36)29-16-6-2-7-17-29/h2*1-30H;1-26H. The fourth-order valence-corrected chi connectivity index (χ4v) is 21.5. The predicted molar refractivity (Wildman–Crippen MR) is 596 cm³/mol. The van der Waals surface area contributed by atoms with Crippen molar-refractivity contribution in [3.05, 3.63) is 522 Å². The third-order valence-corrected chi connectivity index (χ3v) is 28.0. The highest BCUT2D eigenvalue weighted by atomic mass is 15.1. The zero-order valence-corrected chi connectivity index (χ0v) is 78.0. The van der Waals surface area contributed by atoms with Crippen molar-refractivity contribution >= 4 is 131 Å². The highest BCUT2D eigenvalue weighted by Gasteiger charge is 2.28. The quantitative estimate of drug-likeness (QED) is 0.107. The Balaban J connectivity index is 0.000000108. The molecule has 12 nitrogen and oxygen atoms in total. The Kier molecular flexibility index (Phi) is 20.6. The van der Waals surface area contributed by atoms with Gasteiger partial charge in [0.05, 0.1) is 82.9 Å². The molecule has 0 aliphatic carbocycles. The van der Waals surface area contributed by atoms with Crippen LogP contribution in [0, 0.1) is 0 Å². The first kappa shape index (κ1) is 83.8. The van der Waals surface area contributed by atoms with Gasteiger partial charge in [0.25, 0.3) is 0 Å². The first-order valence-corrected chi connectivity index (χ1v) is 48.7. The highest BCUT2D eigenvalue weighted by molar-refractivity contribution is 6.19. The van der Waals surface area contributed by atoms with Gasteiger partial charge in [-0.2, -0.15) is 0 Å². The van der Waals surface area contributed by atoms with E-state index >= 15 is 0 Å². The molecule has 9 aromatic heterocycles. The van der Waals surface area contributed by atoms with Gasteiger partial charge in [0, 0.05) is 116 Å². The van der Waals surface area contributed by atoms with Crippen molar-refractivity contribution in [1.82, 2.24) is 57.3 Å². The average Bonchev–Trinajstić information content (AvgIpc) is 1.57. The number of nitrogens with zero attached hydrogens (tertiary/aromatic N) is 12. The summed E-state index contributed by atoms with van der Waals surface area (Å²) in [6, 6.07) is 184. The molecule has 0 unspecified atom stereocenters. The molecule has 0 fully saturated rings. The molecule has 0 spiro atoms. The second-order valence-corrected chi connectivity index (χ2v) is 36.4. The second-order valence-electron chi connectivity index (χ2n) is 36.4. The first-order chi connectivity index (χ1) is 71.5. The monoisotopic (exact) mass is 1840 g/mol. The van der Waals surface area contributed by atoms with Crippen LogP contribution in [-0.4, -0.2) is 57.3 Å². The number of benzene rings is 20. The van der Waals surface area contributed by atoms with Crippen molar-refractivity contribution in [3.63, 3.8) is 0 Å². The topological polar surface area (TPSA) is 107 Å². The van der Waals surface area contributed by atoms with Crippen LogP contribution in [0.2, 0.25) is 0 Å². The minimum Gasteiger partial charge on any atom is -0.309 e. The van der Waals surface area contributed by atoms with Gasteiger partial charge in [-0.05, 0) is 192 Å². The Labute approximate surface area is 828 Å². The zero-order chi connectivity index (χ0) is 95.1. The number of fused-ring (bicyclic) bond motifs is 18. The van der Waals surface area contributed by atoms with Crippen LogP contribution in [0.4, 0.5) is 0 Å². The Bertz CT molecular complexity index is 9970. The highest BCUT2D eigenvalue weighted by Crippen LogP contribution is 2.47. The van der Waals surface area contributed by atoms with Crippen molar-refractivity contribution < 1.29 is 0 Å². The van der Waals surface area contributed by atoms with E-state index in [0.29, 0.717) is 17.5 Å². The third-order valence-electron chi connectivity index (χ3n) is 28.0. The molecule has 0 radical (unpaired) electrons. The average molecular weight is 1840 g/mol. The second kappa shape index (κ2) is 35.5. The molecular weight excluding hydrogens is 1750 g/mol. The number of rotatable bonds is 14. The Morgan fingerprint density at radius 1 is 0.118 bits per heavy atom. The maximum atomic E-state index is 5.45. The van der Waals surface area contributed by atoms with Crippen molar-refractivity contribution in [1.29, 1.82) is 0 Å². The Hall–Kier alpha value is -19.6. The van der Waals surface area contributed by atoms with E-state index in [-0.39, 0.29) is 0 Å². The summed E-state index contributed by atoms with van der Waals surface area (Å²) in [4.78, 5) is 32.4. The molecule has 20 aromatic carbocycles. The minimum absolute atomic E-state index is 0.691. The van der Waals surface area contributed by atoms with Gasteiger partial charge in [-0.15, -0.1) is 0 Å². The summed E-state index contributed by atoms with van der Waals surface area (Å²) >= 11 is 0. The fourth-order valence-electron chi connectivity index (χ4n) is 21.5. The molecule has 144 heavy (non-hydrogen) atoms. The lowest BCUT2D eigenvalue weighted by atomic mass is 9.99. The maximum Gasteiger partial charge on any atom is 0.162 e. The summed E-state index contributed by atoms with van der Waals surface area (Å²) in [5.41, 5.74) is 33.1. The molecule has 0 aliphatic heterocycles. The molecule has 9 heterocycles. The summed E-state index contributed by atoms with van der Waals surface area (Å²) in [6.45, 7) is 0. The van der Waals surface area contributed by atoms with E-state index in [1.165, 1.54) is 65.6 Å². The van der Waals surface area contributed by atoms with Gasteiger partial charge in [0.15, 0.2) is 17.5 Å². The summed E-state index contributed by atoms with van der Waals surface area (Å²) in [6.07, 6.45) is 0. The summed E-state index contributed by atoms with van der Waals surface area (Å²) < 4.78 is 13.8. The van der Waals surface area contributed by atoms with Gasteiger partial charge in [-0.3, -0.25) is 13.7 Å². The number of para-hydroxylation sites is 12. The molecule has 0 amide bonds. The van der Waals surface area contributed by atoms with Crippen LogP contribution in [0.1, 0.15) is 0 Å². The molecule has 12 heteroatoms. The van der Waals surface area contributed by atoms with Crippen molar-refractivity contribution in [2.75, 3.05) is 0 Å². The normalized spacial score (nSPS) is 11.6. The van der Waals surface area contributed by atoms with Crippen molar-refractivity contribution in [3.8, 4) is 124 Å². The molecule has 29 aromatic rings. The van der Waals surface area contributed by atoms with Gasteiger partial charge >= 0.3 is 0 Å². The van der Waals surface area contributed by atoms with E-state index < -0.39 is 0 Å². The summed E-state index contributed by atoms with van der Waals surface area (Å²) in [7, 11) is 0.